The van der Waals surface area contributed by atoms with Crippen molar-refractivity contribution in [2.75, 3.05) is 26.1 Å². The van der Waals surface area contributed by atoms with Crippen molar-refractivity contribution >= 4 is 16.1 Å². The Kier molecular flexibility index (Phi) is 10.5. The van der Waals surface area contributed by atoms with Crippen LogP contribution in [0.25, 0.3) is 0 Å². The molecule has 0 radical (unpaired) electrons. The van der Waals surface area contributed by atoms with Gasteiger partial charge in [-0.05, 0) is 54.3 Å². The first-order valence-electron chi connectivity index (χ1n) is 12.3. The highest BCUT2D eigenvalue weighted by Gasteiger charge is 2.21. The smallest absolute Gasteiger partial charge is 0.335 e. The topological polar surface area (TPSA) is 88.1 Å². The molecule has 1 unspecified atom stereocenters. The van der Waals surface area contributed by atoms with Gasteiger partial charge in [-0.1, -0.05) is 54.6 Å². The molecule has 0 spiro atoms. The highest BCUT2D eigenvalue weighted by molar-refractivity contribution is 7.86. The molecular weight excluding hydrogens is 492 g/mol. The van der Waals surface area contributed by atoms with E-state index < -0.39 is 16.2 Å². The lowest BCUT2D eigenvalue weighted by Crippen LogP contribution is -2.29. The van der Waals surface area contributed by atoms with Gasteiger partial charge in [0.25, 0.3) is 0 Å². The molecule has 0 bridgehead atoms. The summed E-state index contributed by atoms with van der Waals surface area (Å²) in [4.78, 5) is 12.3. The van der Waals surface area contributed by atoms with Crippen LogP contribution in [0.15, 0.2) is 72.8 Å². The van der Waals surface area contributed by atoms with Gasteiger partial charge in [0.1, 0.15) is 11.5 Å². The fraction of sp³-hybridized carbons (Fsp3) is 0.345. The standard InChI is InChI=1S/C29H34O7S/c1-4-33-28(29(30)34-5-2)21-24-11-14-25(19-23-9-7-6-8-10-23)27(20-24)35-18-17-22-12-15-26(16-13-22)36-37(3,31)32/h6-16,20,28H,4-5,17-19,21H2,1-3H3. The maximum atomic E-state index is 12.3. The highest BCUT2D eigenvalue weighted by atomic mass is 32.2. The fourth-order valence-electron chi connectivity index (χ4n) is 3.85. The predicted molar refractivity (Wildman–Crippen MR) is 143 cm³/mol. The summed E-state index contributed by atoms with van der Waals surface area (Å²) in [6, 6.07) is 23.0. The Morgan fingerprint density at radius 3 is 2.22 bits per heavy atom. The van der Waals surface area contributed by atoms with E-state index in [4.69, 9.17) is 18.4 Å². The normalized spacial score (nSPS) is 12.1. The van der Waals surface area contributed by atoms with Crippen LogP contribution in [0.2, 0.25) is 0 Å². The van der Waals surface area contributed by atoms with E-state index in [2.05, 4.69) is 12.1 Å². The van der Waals surface area contributed by atoms with Crippen LogP contribution >= 0.6 is 0 Å². The quantitative estimate of drug-likeness (QED) is 0.221. The van der Waals surface area contributed by atoms with Gasteiger partial charge in [-0.15, -0.1) is 0 Å². The van der Waals surface area contributed by atoms with E-state index >= 15 is 0 Å². The van der Waals surface area contributed by atoms with Crippen molar-refractivity contribution in [3.63, 3.8) is 0 Å². The molecule has 0 aromatic heterocycles. The Bertz CT molecular complexity index is 1240. The Hall–Kier alpha value is -3.36. The molecule has 3 aromatic carbocycles. The van der Waals surface area contributed by atoms with Crippen molar-refractivity contribution in [1.82, 2.24) is 0 Å². The summed E-state index contributed by atoms with van der Waals surface area (Å²) in [5.74, 6) is 0.649. The number of carbonyl (C=O) groups excluding carboxylic acids is 1. The van der Waals surface area contributed by atoms with E-state index in [1.807, 2.05) is 55.5 Å². The number of ether oxygens (including phenoxy) is 3. The summed E-state index contributed by atoms with van der Waals surface area (Å²) in [5, 5.41) is 0. The van der Waals surface area contributed by atoms with Crippen molar-refractivity contribution in [2.45, 2.75) is 39.2 Å². The van der Waals surface area contributed by atoms with Crippen LogP contribution in [-0.4, -0.2) is 46.6 Å². The van der Waals surface area contributed by atoms with Gasteiger partial charge in [0, 0.05) is 25.9 Å². The zero-order valence-corrected chi connectivity index (χ0v) is 22.3. The van der Waals surface area contributed by atoms with Crippen molar-refractivity contribution in [2.24, 2.45) is 0 Å². The van der Waals surface area contributed by atoms with Gasteiger partial charge in [0.15, 0.2) is 6.10 Å². The summed E-state index contributed by atoms with van der Waals surface area (Å²) < 4.78 is 44.5. The molecular formula is C29H34O7S. The average molecular weight is 527 g/mol. The van der Waals surface area contributed by atoms with Crippen LogP contribution in [0, 0.1) is 0 Å². The Labute approximate surface area is 219 Å². The van der Waals surface area contributed by atoms with Crippen LogP contribution < -0.4 is 8.92 Å². The molecule has 3 rings (SSSR count). The summed E-state index contributed by atoms with van der Waals surface area (Å²) in [6.07, 6.45) is 2.06. The van der Waals surface area contributed by atoms with E-state index in [0.717, 1.165) is 28.7 Å². The number of hydrogen-bond donors (Lipinski definition) is 0. The van der Waals surface area contributed by atoms with Crippen LogP contribution in [-0.2, 0) is 43.6 Å². The SMILES string of the molecule is CCOC(=O)C(Cc1ccc(Cc2ccccc2)c(OCCc2ccc(OS(C)(=O)=O)cc2)c1)OCC. The molecule has 0 N–H and O–H groups in total. The van der Waals surface area contributed by atoms with Gasteiger partial charge in [0.2, 0.25) is 0 Å². The predicted octanol–water partition coefficient (Wildman–Crippen LogP) is 4.75. The van der Waals surface area contributed by atoms with E-state index in [1.165, 1.54) is 5.56 Å². The molecule has 0 saturated carbocycles. The van der Waals surface area contributed by atoms with Crippen molar-refractivity contribution in [3.05, 3.63) is 95.1 Å². The molecule has 0 saturated heterocycles. The molecule has 0 aliphatic rings. The van der Waals surface area contributed by atoms with Crippen molar-refractivity contribution in [1.29, 1.82) is 0 Å². The van der Waals surface area contributed by atoms with Crippen LogP contribution in [0.4, 0.5) is 0 Å². The van der Waals surface area contributed by atoms with E-state index in [1.54, 1.807) is 19.1 Å². The molecule has 7 nitrogen and oxygen atoms in total. The molecule has 0 aliphatic heterocycles. The molecule has 198 valence electrons. The monoisotopic (exact) mass is 526 g/mol. The molecule has 0 heterocycles. The second-order valence-electron chi connectivity index (χ2n) is 8.53. The van der Waals surface area contributed by atoms with Crippen molar-refractivity contribution in [3.8, 4) is 11.5 Å². The second kappa shape index (κ2) is 13.8. The van der Waals surface area contributed by atoms with E-state index in [9.17, 15) is 13.2 Å². The third-order valence-electron chi connectivity index (χ3n) is 5.53. The molecule has 37 heavy (non-hydrogen) atoms. The molecule has 0 amide bonds. The largest absolute Gasteiger partial charge is 0.493 e. The maximum Gasteiger partial charge on any atom is 0.335 e. The second-order valence-corrected chi connectivity index (χ2v) is 10.1. The maximum absolute atomic E-state index is 12.3. The molecule has 0 aliphatic carbocycles. The Balaban J connectivity index is 1.74. The molecule has 1 atom stereocenters. The van der Waals surface area contributed by atoms with Crippen LogP contribution in [0.5, 0.6) is 11.5 Å². The van der Waals surface area contributed by atoms with E-state index in [0.29, 0.717) is 39.1 Å². The van der Waals surface area contributed by atoms with Gasteiger partial charge in [-0.25, -0.2) is 4.79 Å². The fourth-order valence-corrected chi connectivity index (χ4v) is 4.31. The van der Waals surface area contributed by atoms with Crippen LogP contribution in [0.1, 0.15) is 36.1 Å². The minimum atomic E-state index is -3.56. The number of benzene rings is 3. The minimum Gasteiger partial charge on any atom is -0.493 e. The lowest BCUT2D eigenvalue weighted by molar-refractivity contribution is -0.156. The van der Waals surface area contributed by atoms with Gasteiger partial charge < -0.3 is 18.4 Å². The lowest BCUT2D eigenvalue weighted by Gasteiger charge is -2.18. The average Bonchev–Trinajstić information content (AvgIpc) is 2.86. The van der Waals surface area contributed by atoms with Gasteiger partial charge in [-0.3, -0.25) is 0 Å². The third-order valence-corrected chi connectivity index (χ3v) is 6.02. The first-order chi connectivity index (χ1) is 17.8. The van der Waals surface area contributed by atoms with Gasteiger partial charge in [-0.2, -0.15) is 8.42 Å². The summed E-state index contributed by atoms with van der Waals surface area (Å²) in [7, 11) is -3.56. The van der Waals surface area contributed by atoms with Gasteiger partial charge in [0.05, 0.1) is 19.5 Å². The zero-order chi connectivity index (χ0) is 26.7. The Morgan fingerprint density at radius 1 is 0.865 bits per heavy atom. The Morgan fingerprint density at radius 2 is 1.57 bits per heavy atom. The zero-order valence-electron chi connectivity index (χ0n) is 21.5. The number of esters is 1. The van der Waals surface area contributed by atoms with Crippen molar-refractivity contribution < 1.29 is 31.6 Å². The number of hydrogen-bond acceptors (Lipinski definition) is 7. The summed E-state index contributed by atoms with van der Waals surface area (Å²) >= 11 is 0. The minimum absolute atomic E-state index is 0.274. The van der Waals surface area contributed by atoms with E-state index in [-0.39, 0.29) is 11.7 Å². The summed E-state index contributed by atoms with van der Waals surface area (Å²) in [6.45, 7) is 4.76. The highest BCUT2D eigenvalue weighted by Crippen LogP contribution is 2.25. The first-order valence-corrected chi connectivity index (χ1v) is 14.1. The molecule has 8 heteroatoms. The lowest BCUT2D eigenvalue weighted by atomic mass is 10.00. The summed E-state index contributed by atoms with van der Waals surface area (Å²) in [5.41, 5.74) is 4.11. The molecule has 0 fully saturated rings. The third kappa shape index (κ3) is 9.55. The van der Waals surface area contributed by atoms with Crippen LogP contribution in [0.3, 0.4) is 0 Å². The van der Waals surface area contributed by atoms with Gasteiger partial charge >= 0.3 is 16.1 Å². The first kappa shape index (κ1) is 28.2. The number of rotatable bonds is 14. The number of carbonyl (C=O) groups is 1. The molecule has 3 aromatic rings.